The summed E-state index contributed by atoms with van der Waals surface area (Å²) in [5.41, 5.74) is 8.99. The highest BCUT2D eigenvalue weighted by Gasteiger charge is 2.14. The Hall–Kier alpha value is -2.41. The maximum atomic E-state index is 4.70. The molecule has 1 aromatic heterocycles. The van der Waals surface area contributed by atoms with Gasteiger partial charge in [-0.15, -0.1) is 0 Å². The highest BCUT2D eigenvalue weighted by atomic mass is 14.7. The lowest BCUT2D eigenvalue weighted by Gasteiger charge is -2.20. The van der Waals surface area contributed by atoms with Gasteiger partial charge in [0.2, 0.25) is 0 Å². The van der Waals surface area contributed by atoms with Crippen molar-refractivity contribution < 1.29 is 0 Å². The van der Waals surface area contributed by atoms with E-state index in [1.54, 1.807) is 0 Å². The minimum absolute atomic E-state index is 0.270. The van der Waals surface area contributed by atoms with Crippen molar-refractivity contribution in [3.8, 4) is 22.4 Å². The Morgan fingerprint density at radius 2 is 1.52 bits per heavy atom. The highest BCUT2D eigenvalue weighted by molar-refractivity contribution is 5.74. The molecule has 0 fully saturated rings. The Labute approximate surface area is 151 Å². The molecular weight excluding hydrogens is 302 g/mol. The molecule has 0 amide bonds. The fourth-order valence-electron chi connectivity index (χ4n) is 3.20. The summed E-state index contributed by atoms with van der Waals surface area (Å²) in [6, 6.07) is 19.5. The molecule has 0 atom stereocenters. The van der Waals surface area contributed by atoms with Crippen LogP contribution in [-0.4, -0.2) is 4.98 Å². The molecule has 1 nitrogen and oxygen atoms in total. The van der Waals surface area contributed by atoms with Crippen LogP contribution in [0.5, 0.6) is 0 Å². The molecule has 0 N–H and O–H groups in total. The Kier molecular flexibility index (Phi) is 4.76. The van der Waals surface area contributed by atoms with Crippen LogP contribution in [0.1, 0.15) is 37.5 Å². The zero-order valence-electron chi connectivity index (χ0n) is 15.9. The maximum Gasteiger partial charge on any atom is 0.0705 e. The first-order valence-electron chi connectivity index (χ1n) is 8.95. The summed E-state index contributed by atoms with van der Waals surface area (Å²) in [5.74, 6) is 0. The SMILES string of the molecule is Cc1cnc(-c2ccc(C)c(-c3ccccc3)c2)cc1CC(C)(C)C. The van der Waals surface area contributed by atoms with Gasteiger partial charge in [-0.1, -0.05) is 63.2 Å². The van der Waals surface area contributed by atoms with Crippen LogP contribution in [0, 0.1) is 19.3 Å². The molecule has 0 aliphatic heterocycles. The molecule has 0 radical (unpaired) electrons. The first kappa shape index (κ1) is 17.4. The topological polar surface area (TPSA) is 12.9 Å². The summed E-state index contributed by atoms with van der Waals surface area (Å²) < 4.78 is 0. The minimum Gasteiger partial charge on any atom is -0.256 e. The average Bonchev–Trinajstić information content (AvgIpc) is 2.57. The van der Waals surface area contributed by atoms with Gasteiger partial charge >= 0.3 is 0 Å². The number of nitrogens with zero attached hydrogens (tertiary/aromatic N) is 1. The third-order valence-electron chi connectivity index (χ3n) is 4.55. The molecule has 2 aromatic carbocycles. The van der Waals surface area contributed by atoms with Crippen molar-refractivity contribution in [1.82, 2.24) is 4.98 Å². The number of aryl methyl sites for hydroxylation is 2. The lowest BCUT2D eigenvalue weighted by Crippen LogP contribution is -2.10. The second kappa shape index (κ2) is 6.84. The van der Waals surface area contributed by atoms with Gasteiger partial charge in [0.1, 0.15) is 0 Å². The molecule has 1 heteroatoms. The van der Waals surface area contributed by atoms with E-state index in [1.165, 1.54) is 33.4 Å². The predicted octanol–water partition coefficient (Wildman–Crippen LogP) is 6.62. The van der Waals surface area contributed by atoms with Crippen LogP contribution in [0.3, 0.4) is 0 Å². The van der Waals surface area contributed by atoms with Gasteiger partial charge in [0.15, 0.2) is 0 Å². The molecule has 0 saturated heterocycles. The number of aromatic nitrogens is 1. The standard InChI is InChI=1S/C24H27N/c1-17-11-12-20(13-22(17)19-9-7-6-8-10-19)23-14-21(15-24(3,4)5)18(2)16-25-23/h6-14,16H,15H2,1-5H3. The summed E-state index contributed by atoms with van der Waals surface area (Å²) in [6.45, 7) is 11.2. The summed E-state index contributed by atoms with van der Waals surface area (Å²) >= 11 is 0. The Balaban J connectivity index is 2.04. The summed E-state index contributed by atoms with van der Waals surface area (Å²) in [5, 5.41) is 0. The van der Waals surface area contributed by atoms with Crippen LogP contribution in [0.25, 0.3) is 22.4 Å². The van der Waals surface area contributed by atoms with E-state index < -0.39 is 0 Å². The molecule has 0 saturated carbocycles. The van der Waals surface area contributed by atoms with Crippen LogP contribution >= 0.6 is 0 Å². The van der Waals surface area contributed by atoms with E-state index in [2.05, 4.69) is 89.2 Å². The third kappa shape index (κ3) is 4.17. The summed E-state index contributed by atoms with van der Waals surface area (Å²) in [6.07, 6.45) is 3.07. The quantitative estimate of drug-likeness (QED) is 0.526. The molecule has 3 rings (SSSR count). The molecule has 1 heterocycles. The number of hydrogen-bond donors (Lipinski definition) is 0. The summed E-state index contributed by atoms with van der Waals surface area (Å²) in [7, 11) is 0. The van der Waals surface area contributed by atoms with Gasteiger partial charge in [0, 0.05) is 11.8 Å². The Bertz CT molecular complexity index is 870. The van der Waals surface area contributed by atoms with Gasteiger partial charge in [-0.3, -0.25) is 4.98 Å². The normalized spacial score (nSPS) is 11.6. The molecule has 128 valence electrons. The smallest absolute Gasteiger partial charge is 0.0705 e. The predicted molar refractivity (Wildman–Crippen MR) is 108 cm³/mol. The van der Waals surface area contributed by atoms with Crippen molar-refractivity contribution in [2.75, 3.05) is 0 Å². The lowest BCUT2D eigenvalue weighted by atomic mass is 9.86. The van der Waals surface area contributed by atoms with Crippen molar-refractivity contribution in [3.05, 3.63) is 77.5 Å². The van der Waals surface area contributed by atoms with Crippen molar-refractivity contribution in [3.63, 3.8) is 0 Å². The average molecular weight is 329 g/mol. The molecule has 0 aliphatic rings. The van der Waals surface area contributed by atoms with Gasteiger partial charge in [-0.05, 0) is 65.6 Å². The Morgan fingerprint density at radius 1 is 0.800 bits per heavy atom. The number of rotatable bonds is 3. The fraction of sp³-hybridized carbons (Fsp3) is 0.292. The van der Waals surface area contributed by atoms with Gasteiger partial charge in [0.05, 0.1) is 5.69 Å². The van der Waals surface area contributed by atoms with E-state index in [0.717, 1.165) is 12.1 Å². The zero-order chi connectivity index (χ0) is 18.0. The third-order valence-corrected chi connectivity index (χ3v) is 4.55. The molecule has 25 heavy (non-hydrogen) atoms. The van der Waals surface area contributed by atoms with Crippen molar-refractivity contribution in [2.24, 2.45) is 5.41 Å². The van der Waals surface area contributed by atoms with Gasteiger partial charge in [0.25, 0.3) is 0 Å². The van der Waals surface area contributed by atoms with E-state index >= 15 is 0 Å². The number of pyridine rings is 1. The first-order chi connectivity index (χ1) is 11.8. The molecule has 0 spiro atoms. The molecule has 0 aliphatic carbocycles. The van der Waals surface area contributed by atoms with Gasteiger partial charge in [-0.2, -0.15) is 0 Å². The van der Waals surface area contributed by atoms with Crippen LogP contribution in [0.15, 0.2) is 60.8 Å². The van der Waals surface area contributed by atoms with Crippen molar-refractivity contribution in [1.29, 1.82) is 0 Å². The summed E-state index contributed by atoms with van der Waals surface area (Å²) in [4.78, 5) is 4.70. The van der Waals surface area contributed by atoms with Crippen LogP contribution < -0.4 is 0 Å². The minimum atomic E-state index is 0.270. The largest absolute Gasteiger partial charge is 0.256 e. The van der Waals surface area contributed by atoms with E-state index in [0.29, 0.717) is 0 Å². The van der Waals surface area contributed by atoms with Crippen LogP contribution in [0.2, 0.25) is 0 Å². The van der Waals surface area contributed by atoms with Gasteiger partial charge < -0.3 is 0 Å². The molecule has 3 aromatic rings. The number of benzene rings is 2. The second-order valence-electron chi connectivity index (χ2n) is 8.13. The first-order valence-corrected chi connectivity index (χ1v) is 8.95. The highest BCUT2D eigenvalue weighted by Crippen LogP contribution is 2.30. The van der Waals surface area contributed by atoms with E-state index in [4.69, 9.17) is 4.98 Å². The number of hydrogen-bond acceptors (Lipinski definition) is 1. The van der Waals surface area contributed by atoms with E-state index in [-0.39, 0.29) is 5.41 Å². The Morgan fingerprint density at radius 3 is 2.20 bits per heavy atom. The van der Waals surface area contributed by atoms with E-state index in [9.17, 15) is 0 Å². The van der Waals surface area contributed by atoms with Crippen molar-refractivity contribution >= 4 is 0 Å². The second-order valence-corrected chi connectivity index (χ2v) is 8.13. The molecular formula is C24H27N. The fourth-order valence-corrected chi connectivity index (χ4v) is 3.20. The van der Waals surface area contributed by atoms with Crippen LogP contribution in [-0.2, 0) is 6.42 Å². The van der Waals surface area contributed by atoms with Crippen molar-refractivity contribution in [2.45, 2.75) is 41.0 Å². The monoisotopic (exact) mass is 329 g/mol. The van der Waals surface area contributed by atoms with Gasteiger partial charge in [-0.25, -0.2) is 0 Å². The lowest BCUT2D eigenvalue weighted by molar-refractivity contribution is 0.410. The maximum absolute atomic E-state index is 4.70. The van der Waals surface area contributed by atoms with Crippen LogP contribution in [0.4, 0.5) is 0 Å². The zero-order valence-corrected chi connectivity index (χ0v) is 15.9. The molecule has 0 bridgehead atoms. The van der Waals surface area contributed by atoms with E-state index in [1.807, 2.05) is 6.20 Å². The molecule has 0 unspecified atom stereocenters.